The minimum atomic E-state index is -0.149. The van der Waals surface area contributed by atoms with Crippen molar-refractivity contribution in [3.8, 4) is 0 Å². The lowest BCUT2D eigenvalue weighted by molar-refractivity contribution is -0.890. The molecule has 0 saturated carbocycles. The molecule has 5 heteroatoms. The van der Waals surface area contributed by atoms with E-state index in [2.05, 4.69) is 10.6 Å². The van der Waals surface area contributed by atoms with E-state index >= 15 is 0 Å². The summed E-state index contributed by atoms with van der Waals surface area (Å²) in [5, 5.41) is 5.47. The van der Waals surface area contributed by atoms with Crippen molar-refractivity contribution in [2.75, 3.05) is 32.0 Å². The number of hydrogen-bond acceptors (Lipinski definition) is 2. The van der Waals surface area contributed by atoms with Crippen molar-refractivity contribution in [2.24, 2.45) is 0 Å². The van der Waals surface area contributed by atoms with Crippen molar-refractivity contribution in [1.29, 1.82) is 0 Å². The van der Waals surface area contributed by atoms with Crippen LogP contribution in [0, 0.1) is 0 Å². The van der Waals surface area contributed by atoms with Gasteiger partial charge in [0.1, 0.15) is 0 Å². The van der Waals surface area contributed by atoms with Gasteiger partial charge in [-0.1, -0.05) is 6.07 Å². The van der Waals surface area contributed by atoms with Crippen molar-refractivity contribution in [2.45, 2.75) is 25.7 Å². The topological polar surface area (TPSA) is 62.6 Å². The smallest absolute Gasteiger partial charge is 0.279 e. The maximum atomic E-state index is 12.1. The molecular weight excluding hydrogens is 266 g/mol. The third kappa shape index (κ3) is 4.86. The van der Waals surface area contributed by atoms with Gasteiger partial charge in [-0.2, -0.15) is 0 Å². The molecule has 1 heterocycles. The molecule has 0 aliphatic carbocycles. The van der Waals surface area contributed by atoms with Crippen LogP contribution in [0.2, 0.25) is 0 Å². The number of carbonyl (C=O) groups excluding carboxylic acids is 2. The van der Waals surface area contributed by atoms with Crippen LogP contribution >= 0.6 is 0 Å². The van der Waals surface area contributed by atoms with Crippen molar-refractivity contribution in [1.82, 2.24) is 5.32 Å². The largest absolute Gasteiger partial charge is 0.355 e. The summed E-state index contributed by atoms with van der Waals surface area (Å²) in [6, 6.07) is 7.02. The molecule has 114 valence electrons. The Morgan fingerprint density at radius 3 is 2.52 bits per heavy atom. The number of nitrogens with one attached hydrogen (secondary N) is 3. The van der Waals surface area contributed by atoms with E-state index in [1.807, 2.05) is 6.07 Å². The zero-order valence-corrected chi connectivity index (χ0v) is 12.6. The van der Waals surface area contributed by atoms with Gasteiger partial charge in [0.15, 0.2) is 6.54 Å². The van der Waals surface area contributed by atoms with Crippen LogP contribution in [0.1, 0.15) is 36.0 Å². The summed E-state index contributed by atoms with van der Waals surface area (Å²) in [5.74, 6) is -0.134. The summed E-state index contributed by atoms with van der Waals surface area (Å²) in [4.78, 5) is 25.0. The van der Waals surface area contributed by atoms with Gasteiger partial charge in [-0.15, -0.1) is 0 Å². The molecule has 3 N–H and O–H groups in total. The monoisotopic (exact) mass is 290 g/mol. The van der Waals surface area contributed by atoms with E-state index in [1.54, 1.807) is 25.2 Å². The van der Waals surface area contributed by atoms with Crippen molar-refractivity contribution in [3.05, 3.63) is 29.8 Å². The SMILES string of the molecule is CNC(=O)c1cccc(NC(=O)C[NH+]2CCCCCC2)c1. The summed E-state index contributed by atoms with van der Waals surface area (Å²) < 4.78 is 0. The highest BCUT2D eigenvalue weighted by molar-refractivity contribution is 5.97. The number of anilines is 1. The molecule has 1 aliphatic rings. The molecule has 1 aromatic rings. The van der Waals surface area contributed by atoms with E-state index in [0.29, 0.717) is 17.8 Å². The Morgan fingerprint density at radius 2 is 1.86 bits per heavy atom. The first kappa shape index (κ1) is 15.5. The highest BCUT2D eigenvalue weighted by Crippen LogP contribution is 2.10. The third-order valence-electron chi connectivity index (χ3n) is 3.86. The fraction of sp³-hybridized carbons (Fsp3) is 0.500. The molecular formula is C16H24N3O2+. The molecule has 1 aliphatic heterocycles. The first-order chi connectivity index (χ1) is 10.2. The van der Waals surface area contributed by atoms with Crippen LogP contribution in [-0.4, -0.2) is 38.5 Å². The first-order valence-electron chi connectivity index (χ1n) is 7.64. The molecule has 21 heavy (non-hydrogen) atoms. The van der Waals surface area contributed by atoms with E-state index in [-0.39, 0.29) is 11.8 Å². The number of amides is 2. The van der Waals surface area contributed by atoms with E-state index in [4.69, 9.17) is 0 Å². The molecule has 5 nitrogen and oxygen atoms in total. The highest BCUT2D eigenvalue weighted by Gasteiger charge is 2.16. The van der Waals surface area contributed by atoms with Gasteiger partial charge in [0.05, 0.1) is 13.1 Å². The molecule has 2 amide bonds. The van der Waals surface area contributed by atoms with Crippen LogP contribution in [0.15, 0.2) is 24.3 Å². The third-order valence-corrected chi connectivity index (χ3v) is 3.86. The quantitative estimate of drug-likeness (QED) is 0.754. The number of benzene rings is 1. The predicted octanol–water partition coefficient (Wildman–Crippen LogP) is 0.444. The summed E-state index contributed by atoms with van der Waals surface area (Å²) in [6.07, 6.45) is 4.96. The second-order valence-corrected chi connectivity index (χ2v) is 5.55. The lowest BCUT2D eigenvalue weighted by atomic mass is 10.2. The maximum absolute atomic E-state index is 12.1. The zero-order valence-electron chi connectivity index (χ0n) is 12.6. The molecule has 0 radical (unpaired) electrons. The Bertz CT molecular complexity index is 494. The molecule has 0 atom stereocenters. The van der Waals surface area contributed by atoms with Crippen LogP contribution in [0.25, 0.3) is 0 Å². The summed E-state index contributed by atoms with van der Waals surface area (Å²) in [5.41, 5.74) is 1.23. The highest BCUT2D eigenvalue weighted by atomic mass is 16.2. The molecule has 1 aromatic carbocycles. The standard InChI is InChI=1S/C16H23N3O2/c1-17-16(21)13-7-6-8-14(11-13)18-15(20)12-19-9-4-2-3-5-10-19/h6-8,11H,2-5,9-10,12H2,1H3,(H,17,21)(H,18,20)/p+1. The van der Waals surface area contributed by atoms with Crippen molar-refractivity contribution >= 4 is 17.5 Å². The van der Waals surface area contributed by atoms with Crippen LogP contribution in [0.5, 0.6) is 0 Å². The Labute approximate surface area is 125 Å². The van der Waals surface area contributed by atoms with E-state index in [9.17, 15) is 9.59 Å². The molecule has 1 fully saturated rings. The fourth-order valence-electron chi connectivity index (χ4n) is 2.72. The lowest BCUT2D eigenvalue weighted by Gasteiger charge is -2.16. The van der Waals surface area contributed by atoms with Crippen molar-refractivity contribution in [3.63, 3.8) is 0 Å². The van der Waals surface area contributed by atoms with Crippen LogP contribution < -0.4 is 15.5 Å². The predicted molar refractivity (Wildman–Crippen MR) is 82.5 cm³/mol. The summed E-state index contributed by atoms with van der Waals surface area (Å²) in [6.45, 7) is 2.65. The van der Waals surface area contributed by atoms with E-state index in [1.165, 1.54) is 30.6 Å². The van der Waals surface area contributed by atoms with Crippen molar-refractivity contribution < 1.29 is 14.5 Å². The molecule has 0 spiro atoms. The summed E-state index contributed by atoms with van der Waals surface area (Å²) in [7, 11) is 1.59. The van der Waals surface area contributed by atoms with Gasteiger partial charge in [-0.3, -0.25) is 9.59 Å². The van der Waals surface area contributed by atoms with Crippen LogP contribution in [0.3, 0.4) is 0 Å². The molecule has 0 aromatic heterocycles. The molecule has 0 bridgehead atoms. The Kier molecular flexibility index (Phi) is 5.75. The summed E-state index contributed by atoms with van der Waals surface area (Å²) >= 11 is 0. The Balaban J connectivity index is 1.91. The lowest BCUT2D eigenvalue weighted by Crippen LogP contribution is -3.12. The van der Waals surface area contributed by atoms with E-state index in [0.717, 1.165) is 13.1 Å². The van der Waals surface area contributed by atoms with Crippen LogP contribution in [0.4, 0.5) is 5.69 Å². The average molecular weight is 290 g/mol. The average Bonchev–Trinajstić information content (AvgIpc) is 2.75. The van der Waals surface area contributed by atoms with Gasteiger partial charge in [0, 0.05) is 18.3 Å². The molecule has 1 saturated heterocycles. The normalized spacial score (nSPS) is 16.0. The Morgan fingerprint density at radius 1 is 1.14 bits per heavy atom. The van der Waals surface area contributed by atoms with Gasteiger partial charge in [0.2, 0.25) is 0 Å². The van der Waals surface area contributed by atoms with Gasteiger partial charge >= 0.3 is 0 Å². The number of hydrogen-bond donors (Lipinski definition) is 3. The molecule has 2 rings (SSSR count). The zero-order chi connectivity index (χ0) is 15.1. The number of carbonyl (C=O) groups is 2. The fourth-order valence-corrected chi connectivity index (χ4v) is 2.72. The number of likely N-dealkylation sites (tertiary alicyclic amines) is 1. The minimum absolute atomic E-state index is 0.0148. The molecule has 0 unspecified atom stereocenters. The van der Waals surface area contributed by atoms with Crippen LogP contribution in [-0.2, 0) is 4.79 Å². The number of rotatable bonds is 4. The first-order valence-corrected chi connectivity index (χ1v) is 7.64. The second kappa shape index (κ2) is 7.78. The minimum Gasteiger partial charge on any atom is -0.355 e. The number of quaternary nitrogens is 1. The van der Waals surface area contributed by atoms with E-state index < -0.39 is 0 Å². The van der Waals surface area contributed by atoms with Gasteiger partial charge in [-0.05, 0) is 43.9 Å². The maximum Gasteiger partial charge on any atom is 0.279 e. The van der Waals surface area contributed by atoms with Gasteiger partial charge < -0.3 is 15.5 Å². The Hall–Kier alpha value is -1.88. The van der Waals surface area contributed by atoms with Gasteiger partial charge in [0.25, 0.3) is 11.8 Å². The van der Waals surface area contributed by atoms with Gasteiger partial charge in [-0.25, -0.2) is 0 Å². The second-order valence-electron chi connectivity index (χ2n) is 5.55.